The van der Waals surface area contributed by atoms with Gasteiger partial charge in [-0.3, -0.25) is 0 Å². The maximum atomic E-state index is 8.88. The molecule has 2 N–H and O–H groups in total. The summed E-state index contributed by atoms with van der Waals surface area (Å²) in [4.78, 5) is 0. The molecule has 0 aliphatic heterocycles. The molecule has 19 heavy (non-hydrogen) atoms. The van der Waals surface area contributed by atoms with Gasteiger partial charge < -0.3 is 10.3 Å². The largest absolute Gasteiger partial charge is 0.324 e. The van der Waals surface area contributed by atoms with E-state index in [2.05, 4.69) is 16.7 Å². The molecule has 0 bridgehead atoms. The third kappa shape index (κ3) is 2.03. The average Bonchev–Trinajstić information content (AvgIpc) is 2.84. The monoisotopic (exact) mass is 271 g/mol. The summed E-state index contributed by atoms with van der Waals surface area (Å²) in [6, 6.07) is 9.68. The van der Waals surface area contributed by atoms with E-state index in [1.165, 1.54) is 11.3 Å². The summed E-state index contributed by atoms with van der Waals surface area (Å²) in [5.74, 6) is 0. The number of hydrogen-bond acceptors (Lipinski definition) is 2. The van der Waals surface area contributed by atoms with Crippen LogP contribution < -0.4 is 5.73 Å². The molecule has 3 nitrogen and oxygen atoms in total. The molecule has 1 aliphatic carbocycles. The number of nitrogens with zero attached hydrogens (tertiary/aromatic N) is 2. The molecular formula is C15H14ClN3. The van der Waals surface area contributed by atoms with Crippen LogP contribution in [-0.4, -0.2) is 4.57 Å². The van der Waals surface area contributed by atoms with Crippen molar-refractivity contribution in [3.8, 4) is 11.8 Å². The summed E-state index contributed by atoms with van der Waals surface area (Å²) in [5.41, 5.74) is 10.1. The topological polar surface area (TPSA) is 54.7 Å². The van der Waals surface area contributed by atoms with Crippen molar-refractivity contribution in [1.29, 1.82) is 5.26 Å². The van der Waals surface area contributed by atoms with Crippen LogP contribution in [0.25, 0.3) is 5.69 Å². The van der Waals surface area contributed by atoms with E-state index in [1.807, 2.05) is 12.3 Å². The molecule has 1 atom stereocenters. The molecular weight excluding hydrogens is 258 g/mol. The van der Waals surface area contributed by atoms with Gasteiger partial charge in [0.05, 0.1) is 22.3 Å². The van der Waals surface area contributed by atoms with Crippen LogP contribution in [0.2, 0.25) is 5.02 Å². The molecule has 0 spiro atoms. The predicted octanol–water partition coefficient (Wildman–Crippen LogP) is 3.34. The zero-order valence-electron chi connectivity index (χ0n) is 10.4. The number of benzene rings is 1. The first-order valence-electron chi connectivity index (χ1n) is 6.36. The Morgan fingerprint density at radius 2 is 2.21 bits per heavy atom. The quantitative estimate of drug-likeness (QED) is 0.865. The van der Waals surface area contributed by atoms with Crippen LogP contribution in [0.5, 0.6) is 0 Å². The Labute approximate surface area is 117 Å². The van der Waals surface area contributed by atoms with E-state index in [-0.39, 0.29) is 6.04 Å². The number of aromatic nitrogens is 1. The third-order valence-corrected chi connectivity index (χ3v) is 3.99. The minimum Gasteiger partial charge on any atom is -0.324 e. The van der Waals surface area contributed by atoms with Crippen molar-refractivity contribution < 1.29 is 0 Å². The molecule has 0 saturated heterocycles. The molecule has 1 heterocycles. The highest BCUT2D eigenvalue weighted by molar-refractivity contribution is 6.32. The second-order valence-electron chi connectivity index (χ2n) is 4.86. The molecule has 1 aliphatic rings. The van der Waals surface area contributed by atoms with E-state index in [1.54, 1.807) is 12.1 Å². The van der Waals surface area contributed by atoms with Gasteiger partial charge in [-0.05, 0) is 49.1 Å². The lowest BCUT2D eigenvalue weighted by Gasteiger charge is -2.21. The van der Waals surface area contributed by atoms with Crippen LogP contribution in [0.1, 0.15) is 35.7 Å². The molecule has 0 fully saturated rings. The first kappa shape index (κ1) is 12.3. The third-order valence-electron chi connectivity index (χ3n) is 3.69. The summed E-state index contributed by atoms with van der Waals surface area (Å²) in [5, 5.41) is 9.47. The Balaban J connectivity index is 2.11. The summed E-state index contributed by atoms with van der Waals surface area (Å²) >= 11 is 6.28. The molecule has 1 unspecified atom stereocenters. The molecule has 96 valence electrons. The van der Waals surface area contributed by atoms with Crippen LogP contribution in [0, 0.1) is 11.3 Å². The van der Waals surface area contributed by atoms with Gasteiger partial charge in [-0.1, -0.05) is 11.6 Å². The summed E-state index contributed by atoms with van der Waals surface area (Å²) in [6.45, 7) is 0. The fourth-order valence-electron chi connectivity index (χ4n) is 2.72. The van der Waals surface area contributed by atoms with Crippen LogP contribution >= 0.6 is 11.6 Å². The number of nitrogens with two attached hydrogens (primary N) is 1. The Morgan fingerprint density at radius 3 is 2.95 bits per heavy atom. The van der Waals surface area contributed by atoms with Gasteiger partial charge in [0.25, 0.3) is 0 Å². The first-order chi connectivity index (χ1) is 9.20. The van der Waals surface area contributed by atoms with E-state index >= 15 is 0 Å². The van der Waals surface area contributed by atoms with Crippen molar-refractivity contribution in [2.24, 2.45) is 5.73 Å². The van der Waals surface area contributed by atoms with Crippen molar-refractivity contribution in [1.82, 2.24) is 4.57 Å². The fourth-order valence-corrected chi connectivity index (χ4v) is 3.00. The van der Waals surface area contributed by atoms with E-state index in [4.69, 9.17) is 22.6 Å². The fraction of sp³-hybridized carbons (Fsp3) is 0.267. The Morgan fingerprint density at radius 1 is 1.37 bits per heavy atom. The van der Waals surface area contributed by atoms with Gasteiger partial charge in [-0.15, -0.1) is 0 Å². The number of hydrogen-bond donors (Lipinski definition) is 1. The van der Waals surface area contributed by atoms with Gasteiger partial charge in [0.1, 0.15) is 0 Å². The predicted molar refractivity (Wildman–Crippen MR) is 75.4 cm³/mol. The first-order valence-corrected chi connectivity index (χ1v) is 6.74. The Hall–Kier alpha value is -1.76. The second kappa shape index (κ2) is 4.73. The molecule has 2 aromatic rings. The molecule has 1 aromatic carbocycles. The van der Waals surface area contributed by atoms with Crippen LogP contribution in [0.15, 0.2) is 30.5 Å². The smallest absolute Gasteiger partial charge is 0.0992 e. The zero-order chi connectivity index (χ0) is 13.4. The SMILES string of the molecule is N#Cc1ccc(-n2ccc3c2CCCC3N)c(Cl)c1. The van der Waals surface area contributed by atoms with Gasteiger partial charge in [-0.25, -0.2) is 0 Å². The Bertz CT molecular complexity index is 667. The van der Waals surface area contributed by atoms with E-state index in [0.717, 1.165) is 24.9 Å². The summed E-state index contributed by atoms with van der Waals surface area (Å²) in [7, 11) is 0. The second-order valence-corrected chi connectivity index (χ2v) is 5.27. The Kier molecular flexibility index (Phi) is 3.06. The van der Waals surface area contributed by atoms with Gasteiger partial charge >= 0.3 is 0 Å². The average molecular weight is 272 g/mol. The van der Waals surface area contributed by atoms with Crippen molar-refractivity contribution in [2.45, 2.75) is 25.3 Å². The van der Waals surface area contributed by atoms with Crippen molar-refractivity contribution >= 4 is 11.6 Å². The van der Waals surface area contributed by atoms with Crippen molar-refractivity contribution in [2.75, 3.05) is 0 Å². The number of halogens is 1. The lowest BCUT2D eigenvalue weighted by Crippen LogP contribution is -2.17. The van der Waals surface area contributed by atoms with Gasteiger partial charge in [-0.2, -0.15) is 5.26 Å². The van der Waals surface area contributed by atoms with Crippen molar-refractivity contribution in [3.05, 3.63) is 52.3 Å². The highest BCUT2D eigenvalue weighted by Gasteiger charge is 2.21. The van der Waals surface area contributed by atoms with Crippen molar-refractivity contribution in [3.63, 3.8) is 0 Å². The molecule has 1 aromatic heterocycles. The zero-order valence-corrected chi connectivity index (χ0v) is 11.2. The standard InChI is InChI=1S/C15H14ClN3/c16-12-8-10(9-17)4-5-15(12)19-7-6-11-13(18)2-1-3-14(11)19/h4-8,13H,1-3,18H2. The van der Waals surface area contributed by atoms with Gasteiger partial charge in [0.15, 0.2) is 0 Å². The van der Waals surface area contributed by atoms with E-state index < -0.39 is 0 Å². The molecule has 0 saturated carbocycles. The number of fused-ring (bicyclic) bond motifs is 1. The van der Waals surface area contributed by atoms with Crippen LogP contribution in [0.3, 0.4) is 0 Å². The minimum absolute atomic E-state index is 0.127. The highest BCUT2D eigenvalue weighted by Crippen LogP contribution is 2.32. The molecule has 0 amide bonds. The van der Waals surface area contributed by atoms with Gasteiger partial charge in [0.2, 0.25) is 0 Å². The van der Waals surface area contributed by atoms with Crippen LogP contribution in [-0.2, 0) is 6.42 Å². The maximum Gasteiger partial charge on any atom is 0.0992 e. The highest BCUT2D eigenvalue weighted by atomic mass is 35.5. The maximum absolute atomic E-state index is 8.88. The van der Waals surface area contributed by atoms with E-state index in [0.29, 0.717) is 10.6 Å². The lowest BCUT2D eigenvalue weighted by molar-refractivity contribution is 0.560. The molecule has 4 heteroatoms. The lowest BCUT2D eigenvalue weighted by atomic mass is 9.93. The number of rotatable bonds is 1. The van der Waals surface area contributed by atoms with Crippen LogP contribution in [0.4, 0.5) is 0 Å². The number of nitriles is 1. The molecule has 0 radical (unpaired) electrons. The van der Waals surface area contributed by atoms with E-state index in [9.17, 15) is 0 Å². The minimum atomic E-state index is 0.127. The summed E-state index contributed by atoms with van der Waals surface area (Å²) < 4.78 is 2.10. The summed E-state index contributed by atoms with van der Waals surface area (Å²) in [6.07, 6.45) is 5.18. The molecule has 3 rings (SSSR count). The van der Waals surface area contributed by atoms with Gasteiger partial charge in [0, 0.05) is 17.9 Å². The normalized spacial score (nSPS) is 17.8.